The molecule has 0 atom stereocenters. The zero-order valence-electron chi connectivity index (χ0n) is 15.2. The van der Waals surface area contributed by atoms with Gasteiger partial charge >= 0.3 is 0 Å². The second-order valence-corrected chi connectivity index (χ2v) is 8.39. The second kappa shape index (κ2) is 7.66. The van der Waals surface area contributed by atoms with E-state index in [1.54, 1.807) is 11.3 Å². The molecule has 2 aliphatic rings. The van der Waals surface area contributed by atoms with Crippen LogP contribution in [0.15, 0.2) is 30.3 Å². The van der Waals surface area contributed by atoms with Gasteiger partial charge in [-0.2, -0.15) is 0 Å². The van der Waals surface area contributed by atoms with Gasteiger partial charge < -0.3 is 15.2 Å². The lowest BCUT2D eigenvalue weighted by molar-refractivity contribution is -0.123. The van der Waals surface area contributed by atoms with Crippen molar-refractivity contribution >= 4 is 46.3 Å². The fraction of sp³-hybridized carbons (Fsp3) is 0.350. The number of H-pyrrole nitrogens is 1. The molecule has 1 aromatic carbocycles. The number of hydrogen-bond acceptors (Lipinski definition) is 5. The fourth-order valence-corrected chi connectivity index (χ4v) is 4.81. The Balaban J connectivity index is 0.00000192. The summed E-state index contributed by atoms with van der Waals surface area (Å²) in [5, 5.41) is 5.07. The van der Waals surface area contributed by atoms with E-state index in [4.69, 9.17) is 0 Å². The molecular formula is C20H21ClN4O2S. The van der Waals surface area contributed by atoms with Gasteiger partial charge in [0.2, 0.25) is 0 Å². The predicted octanol–water partition coefficient (Wildman–Crippen LogP) is 2.58. The molecule has 3 aromatic rings. The molecule has 2 aromatic heterocycles. The van der Waals surface area contributed by atoms with E-state index in [2.05, 4.69) is 15.3 Å². The van der Waals surface area contributed by atoms with Crippen molar-refractivity contribution in [3.05, 3.63) is 51.6 Å². The third-order valence-electron chi connectivity index (χ3n) is 5.39. The Hall–Kier alpha value is -2.22. The van der Waals surface area contributed by atoms with Gasteiger partial charge in [-0.15, -0.1) is 23.7 Å². The number of ketones is 1. The van der Waals surface area contributed by atoms with Crippen LogP contribution < -0.4 is 5.32 Å². The number of nitrogens with one attached hydrogen (secondary N) is 2. The van der Waals surface area contributed by atoms with Gasteiger partial charge in [-0.3, -0.25) is 9.59 Å². The first kappa shape index (κ1) is 19.1. The highest BCUT2D eigenvalue weighted by Gasteiger charge is 2.28. The number of rotatable bonds is 4. The largest absolute Gasteiger partial charge is 0.351 e. The van der Waals surface area contributed by atoms with E-state index in [0.717, 1.165) is 46.0 Å². The first-order chi connectivity index (χ1) is 13.2. The Morgan fingerprint density at radius 1 is 1.25 bits per heavy atom. The number of benzene rings is 1. The van der Waals surface area contributed by atoms with E-state index < -0.39 is 0 Å². The molecule has 2 aliphatic heterocycles. The molecule has 8 heteroatoms. The molecule has 1 saturated heterocycles. The van der Waals surface area contributed by atoms with Gasteiger partial charge in [0.25, 0.3) is 5.91 Å². The molecule has 1 amide bonds. The van der Waals surface area contributed by atoms with E-state index in [1.807, 2.05) is 35.2 Å². The predicted molar refractivity (Wildman–Crippen MR) is 111 cm³/mol. The highest BCUT2D eigenvalue weighted by atomic mass is 35.5. The highest BCUT2D eigenvalue weighted by Crippen LogP contribution is 2.27. The molecule has 0 spiro atoms. The summed E-state index contributed by atoms with van der Waals surface area (Å²) in [5.74, 6) is 0.431. The minimum absolute atomic E-state index is 0. The molecule has 2 N–H and O–H groups in total. The number of para-hydroxylation sites is 1. The normalized spacial score (nSPS) is 16.4. The van der Waals surface area contributed by atoms with Crippen LogP contribution in [0, 0.1) is 5.92 Å². The smallest absolute Gasteiger partial charge is 0.270 e. The lowest BCUT2D eigenvalue weighted by Crippen LogP contribution is -2.47. The number of carbonyl (C=O) groups excluding carboxylic acids is 2. The van der Waals surface area contributed by atoms with Crippen LogP contribution in [-0.2, 0) is 24.2 Å². The van der Waals surface area contributed by atoms with E-state index >= 15 is 0 Å². The van der Waals surface area contributed by atoms with Crippen molar-refractivity contribution in [3.63, 3.8) is 0 Å². The third-order valence-corrected chi connectivity index (χ3v) is 6.47. The van der Waals surface area contributed by atoms with Gasteiger partial charge in [0.1, 0.15) is 16.5 Å². The third kappa shape index (κ3) is 3.45. The molecule has 0 bridgehead atoms. The minimum Gasteiger partial charge on any atom is -0.351 e. The number of fused-ring (bicyclic) bond motifs is 2. The van der Waals surface area contributed by atoms with Crippen LogP contribution in [0.2, 0.25) is 0 Å². The standard InChI is InChI=1S/C20H20N4O2S.ClH/c25-17(13-9-21-10-13)8-19-23-15-5-6-24(11-18(15)27-19)20(26)16-7-12-3-1-2-4-14(12)22-16;/h1-4,7,13,21-22H,5-6,8-11H2;1H. The molecule has 0 unspecified atom stereocenters. The summed E-state index contributed by atoms with van der Waals surface area (Å²) >= 11 is 1.58. The van der Waals surface area contributed by atoms with E-state index in [1.165, 1.54) is 0 Å². The van der Waals surface area contributed by atoms with Gasteiger partial charge in [0, 0.05) is 47.8 Å². The van der Waals surface area contributed by atoms with Crippen molar-refractivity contribution in [2.45, 2.75) is 19.4 Å². The lowest BCUT2D eigenvalue weighted by atomic mass is 9.96. The molecule has 6 nitrogen and oxygen atoms in total. The molecule has 28 heavy (non-hydrogen) atoms. The highest BCUT2D eigenvalue weighted by molar-refractivity contribution is 7.11. The Labute approximate surface area is 172 Å². The van der Waals surface area contributed by atoms with E-state index in [9.17, 15) is 9.59 Å². The monoisotopic (exact) mass is 416 g/mol. The number of aromatic nitrogens is 2. The molecule has 1 fully saturated rings. The van der Waals surface area contributed by atoms with Gasteiger partial charge in [0.15, 0.2) is 0 Å². The maximum Gasteiger partial charge on any atom is 0.270 e. The SMILES string of the molecule is Cl.O=C(Cc1nc2c(s1)CN(C(=O)c1cc3ccccc3[nH]1)CC2)C1CNC1. The number of thiazole rings is 1. The van der Waals surface area contributed by atoms with E-state index in [-0.39, 0.29) is 30.0 Å². The molecular weight excluding hydrogens is 396 g/mol. The van der Waals surface area contributed by atoms with Crippen molar-refractivity contribution in [1.29, 1.82) is 0 Å². The first-order valence-corrected chi connectivity index (χ1v) is 10.1. The summed E-state index contributed by atoms with van der Waals surface area (Å²) in [6, 6.07) is 9.82. The van der Waals surface area contributed by atoms with Crippen LogP contribution in [0.1, 0.15) is 26.1 Å². The van der Waals surface area contributed by atoms with Crippen molar-refractivity contribution < 1.29 is 9.59 Å². The number of Topliss-reactive ketones (excluding diaryl/α,β-unsaturated/α-hetero) is 1. The Morgan fingerprint density at radius 3 is 2.82 bits per heavy atom. The van der Waals surface area contributed by atoms with Gasteiger partial charge in [-0.25, -0.2) is 4.98 Å². The number of aromatic amines is 1. The Morgan fingerprint density at radius 2 is 2.07 bits per heavy atom. The van der Waals surface area contributed by atoms with Crippen molar-refractivity contribution in [2.24, 2.45) is 5.92 Å². The zero-order valence-corrected chi connectivity index (χ0v) is 16.9. The Bertz CT molecular complexity index is 1010. The summed E-state index contributed by atoms with van der Waals surface area (Å²) in [6.45, 7) is 2.80. The number of hydrogen-bond donors (Lipinski definition) is 2. The van der Waals surface area contributed by atoms with Crippen molar-refractivity contribution in [2.75, 3.05) is 19.6 Å². The summed E-state index contributed by atoms with van der Waals surface area (Å²) in [5.41, 5.74) is 2.65. The number of nitrogens with zero attached hydrogens (tertiary/aromatic N) is 2. The number of carbonyl (C=O) groups is 2. The quantitative estimate of drug-likeness (QED) is 0.685. The van der Waals surface area contributed by atoms with Crippen LogP contribution in [0.3, 0.4) is 0 Å². The van der Waals surface area contributed by atoms with Crippen LogP contribution in [0.4, 0.5) is 0 Å². The number of halogens is 1. The van der Waals surface area contributed by atoms with Crippen LogP contribution in [0.25, 0.3) is 10.9 Å². The average Bonchev–Trinajstić information content (AvgIpc) is 3.21. The number of amides is 1. The lowest BCUT2D eigenvalue weighted by Gasteiger charge is -2.25. The molecule has 0 radical (unpaired) electrons. The molecule has 146 valence electrons. The van der Waals surface area contributed by atoms with Gasteiger partial charge in [-0.1, -0.05) is 18.2 Å². The van der Waals surface area contributed by atoms with Gasteiger partial charge in [-0.05, 0) is 12.1 Å². The van der Waals surface area contributed by atoms with Crippen LogP contribution in [0.5, 0.6) is 0 Å². The summed E-state index contributed by atoms with van der Waals surface area (Å²) in [7, 11) is 0. The summed E-state index contributed by atoms with van der Waals surface area (Å²) in [4.78, 5) is 36.0. The van der Waals surface area contributed by atoms with Crippen LogP contribution >= 0.6 is 23.7 Å². The molecule has 4 heterocycles. The average molecular weight is 417 g/mol. The topological polar surface area (TPSA) is 78.1 Å². The minimum atomic E-state index is 0. The zero-order chi connectivity index (χ0) is 18.4. The summed E-state index contributed by atoms with van der Waals surface area (Å²) < 4.78 is 0. The van der Waals surface area contributed by atoms with E-state index in [0.29, 0.717) is 25.2 Å². The maximum absolute atomic E-state index is 12.9. The molecule has 0 aliphatic carbocycles. The second-order valence-electron chi connectivity index (χ2n) is 7.22. The molecule has 5 rings (SSSR count). The Kier molecular flexibility index (Phi) is 5.23. The van der Waals surface area contributed by atoms with Gasteiger partial charge in [0.05, 0.1) is 18.7 Å². The first-order valence-electron chi connectivity index (χ1n) is 9.25. The fourth-order valence-electron chi connectivity index (χ4n) is 3.67. The van der Waals surface area contributed by atoms with Crippen molar-refractivity contribution in [1.82, 2.24) is 20.2 Å². The van der Waals surface area contributed by atoms with Crippen molar-refractivity contribution in [3.8, 4) is 0 Å². The van der Waals surface area contributed by atoms with Crippen LogP contribution in [-0.4, -0.2) is 46.2 Å². The summed E-state index contributed by atoms with van der Waals surface area (Å²) in [6.07, 6.45) is 1.16. The molecule has 0 saturated carbocycles. The maximum atomic E-state index is 12.9.